The molecule has 0 amide bonds. The zero-order chi connectivity index (χ0) is 17.8. The summed E-state index contributed by atoms with van der Waals surface area (Å²) in [6.07, 6.45) is 8.92. The quantitative estimate of drug-likeness (QED) is 0.541. The summed E-state index contributed by atoms with van der Waals surface area (Å²) in [6, 6.07) is 11.2. The molecule has 132 valence electrons. The van der Waals surface area contributed by atoms with Crippen molar-refractivity contribution >= 4 is 5.57 Å². The highest BCUT2D eigenvalue weighted by Gasteiger charge is 2.16. The van der Waals surface area contributed by atoms with Gasteiger partial charge in [0.15, 0.2) is 11.6 Å². The third-order valence-electron chi connectivity index (χ3n) is 5.33. The molecule has 0 aliphatic heterocycles. The third-order valence-corrected chi connectivity index (χ3v) is 5.33. The summed E-state index contributed by atoms with van der Waals surface area (Å²) < 4.78 is 28.4. The molecule has 0 spiro atoms. The molecule has 1 atom stereocenters. The first-order valence-corrected chi connectivity index (χ1v) is 9.40. The van der Waals surface area contributed by atoms with E-state index in [-0.39, 0.29) is 0 Å². The first-order chi connectivity index (χ1) is 12.1. The van der Waals surface area contributed by atoms with Crippen LogP contribution in [0.3, 0.4) is 0 Å². The predicted octanol–water partition coefficient (Wildman–Crippen LogP) is 7.18. The molecule has 1 unspecified atom stereocenters. The maximum Gasteiger partial charge on any atom is 0.166 e. The largest absolute Gasteiger partial charge is 0.203 e. The molecule has 2 aromatic carbocycles. The van der Waals surface area contributed by atoms with E-state index in [4.69, 9.17) is 0 Å². The molecule has 0 fully saturated rings. The fraction of sp³-hybridized carbons (Fsp3) is 0.391. The van der Waals surface area contributed by atoms with Crippen LogP contribution in [0.4, 0.5) is 8.78 Å². The van der Waals surface area contributed by atoms with Gasteiger partial charge in [0.2, 0.25) is 0 Å². The highest BCUT2D eigenvalue weighted by molar-refractivity contribution is 5.71. The van der Waals surface area contributed by atoms with E-state index in [2.05, 4.69) is 13.0 Å². The number of hydrogen-bond acceptors (Lipinski definition) is 0. The van der Waals surface area contributed by atoms with Gasteiger partial charge < -0.3 is 0 Å². The summed E-state index contributed by atoms with van der Waals surface area (Å²) in [7, 11) is 0. The molecule has 0 saturated heterocycles. The molecule has 0 bridgehead atoms. The maximum absolute atomic E-state index is 14.3. The van der Waals surface area contributed by atoms with Crippen molar-refractivity contribution in [1.82, 2.24) is 0 Å². The van der Waals surface area contributed by atoms with E-state index in [0.717, 1.165) is 24.3 Å². The van der Waals surface area contributed by atoms with Gasteiger partial charge >= 0.3 is 0 Å². The molecule has 1 aliphatic carbocycles. The SMILES string of the molecule is CCCC1CC=C(c2ccc(-c3ccc(CC)c(F)c3F)cc2)CC1. The Hall–Kier alpha value is -1.96. The monoisotopic (exact) mass is 340 g/mol. The molecule has 2 aromatic rings. The van der Waals surface area contributed by atoms with E-state index < -0.39 is 11.6 Å². The predicted molar refractivity (Wildman–Crippen MR) is 101 cm³/mol. The molecule has 1 aliphatic rings. The molecule has 2 heteroatoms. The Morgan fingerprint density at radius 2 is 1.64 bits per heavy atom. The van der Waals surface area contributed by atoms with Gasteiger partial charge in [-0.15, -0.1) is 0 Å². The summed E-state index contributed by atoms with van der Waals surface area (Å²) in [4.78, 5) is 0. The zero-order valence-electron chi connectivity index (χ0n) is 15.1. The van der Waals surface area contributed by atoms with Crippen LogP contribution in [-0.2, 0) is 6.42 Å². The van der Waals surface area contributed by atoms with Crippen molar-refractivity contribution in [2.75, 3.05) is 0 Å². The number of benzene rings is 2. The van der Waals surface area contributed by atoms with Crippen molar-refractivity contribution in [1.29, 1.82) is 0 Å². The summed E-state index contributed by atoms with van der Waals surface area (Å²) in [6.45, 7) is 4.07. The average molecular weight is 340 g/mol. The minimum Gasteiger partial charge on any atom is -0.203 e. The van der Waals surface area contributed by atoms with Crippen LogP contribution in [0.15, 0.2) is 42.5 Å². The molecule has 0 heterocycles. The molecule has 3 rings (SSSR count). The van der Waals surface area contributed by atoms with Crippen LogP contribution in [0.25, 0.3) is 16.7 Å². The topological polar surface area (TPSA) is 0 Å². The van der Waals surface area contributed by atoms with Crippen LogP contribution < -0.4 is 0 Å². The molecule has 0 saturated carbocycles. The van der Waals surface area contributed by atoms with Crippen LogP contribution in [0, 0.1) is 17.6 Å². The van der Waals surface area contributed by atoms with Crippen molar-refractivity contribution in [2.24, 2.45) is 5.92 Å². The number of halogens is 2. The summed E-state index contributed by atoms with van der Waals surface area (Å²) in [5, 5.41) is 0. The number of hydrogen-bond donors (Lipinski definition) is 0. The van der Waals surface area contributed by atoms with Gasteiger partial charge in [-0.3, -0.25) is 0 Å². The maximum atomic E-state index is 14.3. The van der Waals surface area contributed by atoms with Crippen LogP contribution >= 0.6 is 0 Å². The first kappa shape index (κ1) is 17.8. The lowest BCUT2D eigenvalue weighted by molar-refractivity contribution is 0.445. The average Bonchev–Trinajstić information content (AvgIpc) is 2.65. The molecular formula is C23H26F2. The lowest BCUT2D eigenvalue weighted by Gasteiger charge is -2.21. The Morgan fingerprint density at radius 3 is 2.24 bits per heavy atom. The second kappa shape index (κ2) is 7.95. The summed E-state index contributed by atoms with van der Waals surface area (Å²) in [5.41, 5.74) is 4.06. The molecule has 0 radical (unpaired) electrons. The van der Waals surface area contributed by atoms with E-state index >= 15 is 0 Å². The Kier molecular flexibility index (Phi) is 5.67. The van der Waals surface area contributed by atoms with Gasteiger partial charge in [0.1, 0.15) is 0 Å². The fourth-order valence-electron chi connectivity index (χ4n) is 3.77. The molecule has 0 N–H and O–H groups in total. The Morgan fingerprint density at radius 1 is 0.920 bits per heavy atom. The minimum atomic E-state index is -0.744. The standard InChI is InChI=1S/C23H26F2/c1-3-5-16-6-8-18(9-7-16)19-10-12-20(13-11-19)21-15-14-17(4-2)22(24)23(21)25/h8,10-16H,3-7,9H2,1-2H3. The first-order valence-electron chi connectivity index (χ1n) is 9.40. The Bertz CT molecular complexity index is 756. The van der Waals surface area contributed by atoms with E-state index in [1.54, 1.807) is 12.1 Å². The van der Waals surface area contributed by atoms with E-state index in [1.165, 1.54) is 30.4 Å². The second-order valence-electron chi connectivity index (χ2n) is 6.99. The molecule has 0 nitrogen and oxygen atoms in total. The van der Waals surface area contributed by atoms with Crippen molar-refractivity contribution < 1.29 is 8.78 Å². The lowest BCUT2D eigenvalue weighted by atomic mass is 9.84. The van der Waals surface area contributed by atoms with E-state index in [1.807, 2.05) is 31.2 Å². The third kappa shape index (κ3) is 3.84. The van der Waals surface area contributed by atoms with Crippen LogP contribution in [-0.4, -0.2) is 0 Å². The second-order valence-corrected chi connectivity index (χ2v) is 6.99. The lowest BCUT2D eigenvalue weighted by Crippen LogP contribution is -2.05. The minimum absolute atomic E-state index is 0.335. The summed E-state index contributed by atoms with van der Waals surface area (Å²) >= 11 is 0. The van der Waals surface area contributed by atoms with Gasteiger partial charge in [0.05, 0.1) is 0 Å². The van der Waals surface area contributed by atoms with Crippen LogP contribution in [0.2, 0.25) is 0 Å². The van der Waals surface area contributed by atoms with Crippen molar-refractivity contribution in [2.45, 2.75) is 52.4 Å². The molecule has 0 aromatic heterocycles. The smallest absolute Gasteiger partial charge is 0.166 e. The van der Waals surface area contributed by atoms with Crippen molar-refractivity contribution in [3.05, 3.63) is 65.2 Å². The molecular weight excluding hydrogens is 314 g/mol. The van der Waals surface area contributed by atoms with Gasteiger partial charge in [-0.2, -0.15) is 0 Å². The summed E-state index contributed by atoms with van der Waals surface area (Å²) in [5.74, 6) is -0.644. The van der Waals surface area contributed by atoms with Crippen LogP contribution in [0.1, 0.15) is 57.1 Å². The van der Waals surface area contributed by atoms with E-state index in [0.29, 0.717) is 17.5 Å². The van der Waals surface area contributed by atoms with Crippen molar-refractivity contribution in [3.63, 3.8) is 0 Å². The normalized spacial score (nSPS) is 17.4. The van der Waals surface area contributed by atoms with E-state index in [9.17, 15) is 8.78 Å². The van der Waals surface area contributed by atoms with Crippen molar-refractivity contribution in [3.8, 4) is 11.1 Å². The van der Waals surface area contributed by atoms with Gasteiger partial charge in [0.25, 0.3) is 0 Å². The Balaban J connectivity index is 1.81. The number of rotatable bonds is 5. The van der Waals surface area contributed by atoms with Gasteiger partial charge in [-0.1, -0.05) is 69.2 Å². The Labute approximate surface area is 149 Å². The highest BCUT2D eigenvalue weighted by Crippen LogP contribution is 2.34. The molecule has 25 heavy (non-hydrogen) atoms. The van der Waals surface area contributed by atoms with Gasteiger partial charge in [-0.05, 0) is 53.9 Å². The number of aryl methyl sites for hydroxylation is 1. The number of allylic oxidation sites excluding steroid dienone is 2. The van der Waals surface area contributed by atoms with Crippen LogP contribution in [0.5, 0.6) is 0 Å². The zero-order valence-corrected chi connectivity index (χ0v) is 15.1. The highest BCUT2D eigenvalue weighted by atomic mass is 19.2. The van der Waals surface area contributed by atoms with Gasteiger partial charge in [0, 0.05) is 5.56 Å². The fourth-order valence-corrected chi connectivity index (χ4v) is 3.77. The van der Waals surface area contributed by atoms with Gasteiger partial charge in [-0.25, -0.2) is 8.78 Å².